The van der Waals surface area contributed by atoms with E-state index in [2.05, 4.69) is 10.1 Å². The average molecular weight is 563 g/mol. The highest BCUT2D eigenvalue weighted by Crippen LogP contribution is 2.33. The Morgan fingerprint density at radius 3 is 2.53 bits per heavy atom. The second kappa shape index (κ2) is 12.1. The number of amides is 1. The molecule has 3 aromatic rings. The number of fused-ring (bicyclic) bond motifs is 1. The van der Waals surface area contributed by atoms with Gasteiger partial charge in [0.05, 0.1) is 21.3 Å². The highest BCUT2D eigenvalue weighted by atomic mass is 35.5. The molecule has 4 rings (SSSR count). The zero-order valence-corrected chi connectivity index (χ0v) is 24.4. The fourth-order valence-corrected chi connectivity index (χ4v) is 5.06. The van der Waals surface area contributed by atoms with E-state index in [0.717, 1.165) is 72.3 Å². The fraction of sp³-hybridized carbons (Fsp3) is 0.517. The predicted octanol–water partition coefficient (Wildman–Crippen LogP) is 7.35. The first-order valence-corrected chi connectivity index (χ1v) is 13.9. The smallest absolute Gasteiger partial charge is 0.410 e. The summed E-state index contributed by atoms with van der Waals surface area (Å²) in [7, 11) is 4.03. The normalized spacial score (nSPS) is 14.9. The molecule has 38 heavy (non-hydrogen) atoms. The largest absolute Gasteiger partial charge is 0.488 e. The summed E-state index contributed by atoms with van der Waals surface area (Å²) in [5.41, 5.74) is 3.16. The second-order valence-corrected chi connectivity index (χ2v) is 12.1. The number of carbonyl (C=O) groups excluding carboxylic acids is 1. The number of ether oxygens (including phenoxy) is 2. The van der Waals surface area contributed by atoms with Gasteiger partial charge in [-0.2, -0.15) is 0 Å². The number of hydrogen-bond acceptors (Lipinski definition) is 6. The lowest BCUT2D eigenvalue weighted by atomic mass is 9.91. The third-order valence-electron chi connectivity index (χ3n) is 6.68. The lowest BCUT2D eigenvalue weighted by Gasteiger charge is -2.33. The highest BCUT2D eigenvalue weighted by molar-refractivity contribution is 6.42. The Morgan fingerprint density at radius 1 is 1.13 bits per heavy atom. The van der Waals surface area contributed by atoms with E-state index in [1.165, 1.54) is 0 Å². The van der Waals surface area contributed by atoms with Crippen LogP contribution in [-0.2, 0) is 24.3 Å². The molecule has 1 aliphatic heterocycles. The quantitative estimate of drug-likeness (QED) is 0.286. The number of halogens is 2. The predicted molar refractivity (Wildman–Crippen MR) is 151 cm³/mol. The first-order chi connectivity index (χ1) is 18.0. The maximum absolute atomic E-state index is 12.4. The Kier molecular flexibility index (Phi) is 9.11. The van der Waals surface area contributed by atoms with Crippen molar-refractivity contribution in [1.82, 2.24) is 15.0 Å². The zero-order valence-electron chi connectivity index (χ0n) is 22.9. The van der Waals surface area contributed by atoms with Crippen LogP contribution in [-0.4, -0.2) is 53.8 Å². The molecule has 0 atom stereocenters. The number of piperidine rings is 1. The van der Waals surface area contributed by atoms with Crippen LogP contribution in [0.3, 0.4) is 0 Å². The Balaban J connectivity index is 1.41. The van der Waals surface area contributed by atoms with Crippen LogP contribution in [0.15, 0.2) is 34.9 Å². The molecule has 0 aliphatic carbocycles. The van der Waals surface area contributed by atoms with Crippen LogP contribution >= 0.6 is 23.2 Å². The SMILES string of the molecule is CN(C)Cc1c(OCc2ccc(Cl)c(Cl)c2)ccc2c(CCC3CCN(C(=O)OC(C)(C)C)CC3)noc12. The van der Waals surface area contributed by atoms with E-state index in [4.69, 9.17) is 37.2 Å². The minimum atomic E-state index is -0.470. The topological polar surface area (TPSA) is 68.0 Å². The van der Waals surface area contributed by atoms with Crippen molar-refractivity contribution < 1.29 is 18.8 Å². The van der Waals surface area contributed by atoms with Gasteiger partial charge in [0.25, 0.3) is 0 Å². The molecular formula is C29H37Cl2N3O4. The lowest BCUT2D eigenvalue weighted by molar-refractivity contribution is 0.0181. The summed E-state index contributed by atoms with van der Waals surface area (Å²) in [6.07, 6.45) is 3.54. The van der Waals surface area contributed by atoms with E-state index < -0.39 is 5.60 Å². The van der Waals surface area contributed by atoms with Crippen LogP contribution in [0.5, 0.6) is 5.75 Å². The van der Waals surface area contributed by atoms with Crippen molar-refractivity contribution in [2.45, 2.75) is 65.2 Å². The summed E-state index contributed by atoms with van der Waals surface area (Å²) in [5, 5.41) is 6.50. The van der Waals surface area contributed by atoms with Crippen LogP contribution < -0.4 is 4.74 Å². The van der Waals surface area contributed by atoms with Crippen molar-refractivity contribution in [1.29, 1.82) is 0 Å². The Bertz CT molecular complexity index is 1260. The summed E-state index contributed by atoms with van der Waals surface area (Å²) >= 11 is 12.2. The Hall–Kier alpha value is -2.48. The molecule has 1 amide bonds. The summed E-state index contributed by atoms with van der Waals surface area (Å²) < 4.78 is 17.6. The molecule has 0 saturated carbocycles. The summed E-state index contributed by atoms with van der Waals surface area (Å²) in [5.74, 6) is 1.30. The average Bonchev–Trinajstić information content (AvgIpc) is 3.26. The van der Waals surface area contributed by atoms with Gasteiger partial charge in [-0.25, -0.2) is 4.79 Å². The molecule has 1 aromatic heterocycles. The maximum atomic E-state index is 12.4. The van der Waals surface area contributed by atoms with Gasteiger partial charge in [-0.3, -0.25) is 0 Å². The highest BCUT2D eigenvalue weighted by Gasteiger charge is 2.27. The van der Waals surface area contributed by atoms with E-state index in [1.807, 2.05) is 64.0 Å². The number of benzene rings is 2. The third-order valence-corrected chi connectivity index (χ3v) is 7.42. The molecule has 2 aromatic carbocycles. The van der Waals surface area contributed by atoms with Crippen molar-refractivity contribution in [2.75, 3.05) is 27.2 Å². The molecule has 0 bridgehead atoms. The summed E-state index contributed by atoms with van der Waals surface area (Å²) in [4.78, 5) is 16.3. The number of nitrogens with zero attached hydrogens (tertiary/aromatic N) is 3. The maximum Gasteiger partial charge on any atom is 0.410 e. The standard InChI is InChI=1S/C29H37Cl2N3O4/c1-29(2,3)37-28(35)34-14-12-19(13-15-34)7-10-25-21-8-11-26(22(17-33(4)5)27(21)38-32-25)36-18-20-6-9-23(30)24(31)16-20/h6,8-9,11,16,19H,7,10,12-15,17-18H2,1-5H3. The molecule has 1 fully saturated rings. The zero-order chi connectivity index (χ0) is 27.4. The van der Waals surface area contributed by atoms with Gasteiger partial charge >= 0.3 is 6.09 Å². The van der Waals surface area contributed by atoms with Gasteiger partial charge in [0.2, 0.25) is 0 Å². The van der Waals surface area contributed by atoms with Crippen molar-refractivity contribution in [2.24, 2.45) is 5.92 Å². The van der Waals surface area contributed by atoms with Gasteiger partial charge in [-0.05, 0) is 96.3 Å². The molecule has 1 saturated heterocycles. The van der Waals surface area contributed by atoms with Crippen LogP contribution in [0.1, 0.15) is 56.9 Å². The van der Waals surface area contributed by atoms with Crippen molar-refractivity contribution >= 4 is 40.3 Å². The molecule has 0 unspecified atom stereocenters. The van der Waals surface area contributed by atoms with Gasteiger partial charge in [-0.15, -0.1) is 0 Å². The van der Waals surface area contributed by atoms with E-state index >= 15 is 0 Å². The number of aryl methyl sites for hydroxylation is 1. The molecule has 0 spiro atoms. The second-order valence-electron chi connectivity index (χ2n) is 11.3. The molecule has 0 radical (unpaired) electrons. The van der Waals surface area contributed by atoms with Gasteiger partial charge < -0.3 is 23.8 Å². The third kappa shape index (κ3) is 7.33. The first-order valence-electron chi connectivity index (χ1n) is 13.1. The van der Waals surface area contributed by atoms with Gasteiger partial charge in [-0.1, -0.05) is 34.4 Å². The number of hydrogen-bond donors (Lipinski definition) is 0. The monoisotopic (exact) mass is 561 g/mol. The Labute approximate surface area is 234 Å². The van der Waals surface area contributed by atoms with Crippen LogP contribution in [0.25, 0.3) is 11.0 Å². The first kappa shape index (κ1) is 28.5. The van der Waals surface area contributed by atoms with Crippen molar-refractivity contribution in [3.63, 3.8) is 0 Å². The number of carbonyl (C=O) groups is 1. The molecule has 9 heteroatoms. The van der Waals surface area contributed by atoms with Crippen LogP contribution in [0, 0.1) is 5.92 Å². The van der Waals surface area contributed by atoms with Crippen LogP contribution in [0.2, 0.25) is 10.0 Å². The minimum Gasteiger partial charge on any atom is -0.488 e. The number of likely N-dealkylation sites (tertiary alicyclic amines) is 1. The fourth-order valence-electron chi connectivity index (χ4n) is 4.73. The van der Waals surface area contributed by atoms with Crippen LogP contribution in [0.4, 0.5) is 4.79 Å². The lowest BCUT2D eigenvalue weighted by Crippen LogP contribution is -2.41. The molecule has 2 heterocycles. The number of rotatable bonds is 8. The van der Waals surface area contributed by atoms with E-state index in [-0.39, 0.29) is 6.09 Å². The van der Waals surface area contributed by atoms with E-state index in [1.54, 1.807) is 6.07 Å². The van der Waals surface area contributed by atoms with Crippen molar-refractivity contribution in [3.8, 4) is 5.75 Å². The van der Waals surface area contributed by atoms with E-state index in [0.29, 0.717) is 29.1 Å². The molecule has 0 N–H and O–H groups in total. The summed E-state index contributed by atoms with van der Waals surface area (Å²) in [6, 6.07) is 9.53. The molecule has 7 nitrogen and oxygen atoms in total. The number of aromatic nitrogens is 1. The molecular weight excluding hydrogens is 525 g/mol. The molecule has 1 aliphatic rings. The summed E-state index contributed by atoms with van der Waals surface area (Å²) in [6.45, 7) is 8.17. The Morgan fingerprint density at radius 2 is 1.87 bits per heavy atom. The van der Waals surface area contributed by atoms with E-state index in [9.17, 15) is 4.79 Å². The van der Waals surface area contributed by atoms with Gasteiger partial charge in [0.15, 0.2) is 5.58 Å². The minimum absolute atomic E-state index is 0.218. The van der Waals surface area contributed by atoms with Crippen molar-refractivity contribution in [3.05, 3.63) is 57.2 Å². The van der Waals surface area contributed by atoms with Gasteiger partial charge in [0.1, 0.15) is 18.0 Å². The van der Waals surface area contributed by atoms with Gasteiger partial charge in [0, 0.05) is 25.0 Å². The molecule has 206 valence electrons.